The average Bonchev–Trinajstić information content (AvgIpc) is 2.73. The summed E-state index contributed by atoms with van der Waals surface area (Å²) in [5, 5.41) is 3.48. The second-order valence-electron chi connectivity index (χ2n) is 7.24. The zero-order chi connectivity index (χ0) is 20.4. The molecule has 3 heterocycles. The number of nitrogens with zero attached hydrogens (tertiary/aromatic N) is 3. The molecule has 0 aliphatic heterocycles. The van der Waals surface area contributed by atoms with Crippen LogP contribution in [0.5, 0.6) is 0 Å². The van der Waals surface area contributed by atoms with Crippen molar-refractivity contribution in [3.63, 3.8) is 0 Å². The number of rotatable bonds is 5. The van der Waals surface area contributed by atoms with Crippen molar-refractivity contribution < 1.29 is 21.8 Å². The van der Waals surface area contributed by atoms with Crippen LogP contribution in [0.3, 0.4) is 0 Å². The van der Waals surface area contributed by atoms with Crippen LogP contribution in [0.25, 0.3) is 16.6 Å². The predicted molar refractivity (Wildman–Crippen MR) is 112 cm³/mol. The Labute approximate surface area is 180 Å². The van der Waals surface area contributed by atoms with Gasteiger partial charge in [-0.1, -0.05) is 6.07 Å². The molecule has 3 aromatic heterocycles. The molecule has 0 saturated carbocycles. The topological polar surface area (TPSA) is 67.3 Å². The SMILES string of the molecule is Cc1cc2nc3ccc(C(=O)NCCC[n+]4ccccc4)cn3c(=O)c2cc1C.[Cl-]. The zero-order valence-corrected chi connectivity index (χ0v) is 17.7. The lowest BCUT2D eigenvalue weighted by Gasteiger charge is -2.08. The van der Waals surface area contributed by atoms with Gasteiger partial charge in [0.15, 0.2) is 12.4 Å². The highest BCUT2D eigenvalue weighted by molar-refractivity contribution is 5.94. The minimum absolute atomic E-state index is 0. The fourth-order valence-electron chi connectivity index (χ4n) is 3.35. The molecule has 0 aliphatic rings. The van der Waals surface area contributed by atoms with Gasteiger partial charge in [0.05, 0.1) is 16.5 Å². The van der Waals surface area contributed by atoms with Gasteiger partial charge in [-0.3, -0.25) is 14.0 Å². The van der Waals surface area contributed by atoms with E-state index in [1.54, 1.807) is 18.3 Å². The Morgan fingerprint density at radius 3 is 2.60 bits per heavy atom. The van der Waals surface area contributed by atoms with Gasteiger partial charge in [0.1, 0.15) is 12.2 Å². The molecule has 0 spiro atoms. The summed E-state index contributed by atoms with van der Waals surface area (Å²) in [6.07, 6.45) is 6.38. The monoisotopic (exact) mass is 422 g/mol. The van der Waals surface area contributed by atoms with E-state index >= 15 is 0 Å². The Morgan fingerprint density at radius 1 is 1.10 bits per heavy atom. The van der Waals surface area contributed by atoms with Crippen LogP contribution in [0.4, 0.5) is 0 Å². The van der Waals surface area contributed by atoms with E-state index in [1.165, 1.54) is 4.40 Å². The standard InChI is InChI=1S/C23H22N4O2.ClH/c1-16-13-19-20(14-17(16)2)25-21-8-7-18(15-27(21)23(19)29)22(28)24-9-6-12-26-10-4-3-5-11-26;/h3-5,7-8,10-11,13-15H,6,9,12H2,1-2H3;1H. The summed E-state index contributed by atoms with van der Waals surface area (Å²) in [4.78, 5) is 30.0. The van der Waals surface area contributed by atoms with Crippen LogP contribution in [0.15, 0.2) is 65.8 Å². The zero-order valence-electron chi connectivity index (χ0n) is 16.9. The summed E-state index contributed by atoms with van der Waals surface area (Å²) in [6.45, 7) is 5.36. The Hall–Kier alpha value is -3.25. The molecule has 1 amide bonds. The van der Waals surface area contributed by atoms with Crippen LogP contribution < -0.4 is 27.9 Å². The van der Waals surface area contributed by atoms with Crippen LogP contribution in [-0.4, -0.2) is 21.8 Å². The molecular formula is C23H23ClN4O2. The molecule has 0 bridgehead atoms. The number of amides is 1. The Balaban J connectivity index is 0.00000256. The number of carbonyl (C=O) groups excluding carboxylic acids is 1. The van der Waals surface area contributed by atoms with E-state index in [4.69, 9.17) is 0 Å². The number of hydrogen-bond donors (Lipinski definition) is 1. The van der Waals surface area contributed by atoms with E-state index in [9.17, 15) is 9.59 Å². The van der Waals surface area contributed by atoms with Crippen molar-refractivity contribution in [1.29, 1.82) is 0 Å². The molecule has 30 heavy (non-hydrogen) atoms. The van der Waals surface area contributed by atoms with Crippen LogP contribution in [0.1, 0.15) is 27.9 Å². The minimum Gasteiger partial charge on any atom is -1.00 e. The third kappa shape index (κ3) is 4.33. The van der Waals surface area contributed by atoms with Crippen LogP contribution >= 0.6 is 0 Å². The molecule has 7 heteroatoms. The van der Waals surface area contributed by atoms with E-state index in [-0.39, 0.29) is 23.9 Å². The first-order valence-corrected chi connectivity index (χ1v) is 9.68. The highest BCUT2D eigenvalue weighted by atomic mass is 35.5. The lowest BCUT2D eigenvalue weighted by molar-refractivity contribution is -0.697. The van der Waals surface area contributed by atoms with Crippen molar-refractivity contribution in [3.05, 3.63) is 88.1 Å². The second kappa shape index (κ2) is 9.05. The van der Waals surface area contributed by atoms with E-state index in [2.05, 4.69) is 14.9 Å². The molecule has 1 aromatic carbocycles. The largest absolute Gasteiger partial charge is 1.00 e. The molecule has 0 fully saturated rings. The number of halogens is 1. The van der Waals surface area contributed by atoms with Crippen LogP contribution in [-0.2, 0) is 6.54 Å². The lowest BCUT2D eigenvalue weighted by Crippen LogP contribution is -3.00. The van der Waals surface area contributed by atoms with E-state index in [0.717, 1.165) is 24.1 Å². The van der Waals surface area contributed by atoms with Gasteiger partial charge in [0, 0.05) is 31.3 Å². The fourth-order valence-corrected chi connectivity index (χ4v) is 3.35. The molecule has 4 aromatic rings. The smallest absolute Gasteiger partial charge is 0.265 e. The normalized spacial score (nSPS) is 10.7. The molecule has 0 radical (unpaired) electrons. The minimum atomic E-state index is -0.197. The summed E-state index contributed by atoms with van der Waals surface area (Å²) in [5.74, 6) is -0.197. The van der Waals surface area contributed by atoms with Crippen molar-refractivity contribution >= 4 is 22.5 Å². The van der Waals surface area contributed by atoms with E-state index < -0.39 is 0 Å². The fraction of sp³-hybridized carbons (Fsp3) is 0.217. The maximum atomic E-state index is 12.9. The molecule has 0 atom stereocenters. The summed E-state index contributed by atoms with van der Waals surface area (Å²) in [7, 11) is 0. The molecule has 1 N–H and O–H groups in total. The number of aryl methyl sites for hydroxylation is 3. The first kappa shape index (κ1) is 21.5. The van der Waals surface area contributed by atoms with Gasteiger partial charge >= 0.3 is 0 Å². The molecule has 0 aliphatic carbocycles. The molecule has 0 unspecified atom stereocenters. The van der Waals surface area contributed by atoms with E-state index in [0.29, 0.717) is 28.7 Å². The average molecular weight is 423 g/mol. The lowest BCUT2D eigenvalue weighted by atomic mass is 10.1. The summed E-state index contributed by atoms with van der Waals surface area (Å²) in [5.41, 5.74) is 3.62. The molecule has 154 valence electrons. The highest BCUT2D eigenvalue weighted by Crippen LogP contribution is 2.16. The van der Waals surface area contributed by atoms with Gasteiger partial charge in [0.2, 0.25) is 0 Å². The Morgan fingerprint density at radius 2 is 1.83 bits per heavy atom. The first-order valence-electron chi connectivity index (χ1n) is 9.68. The molecular weight excluding hydrogens is 400 g/mol. The third-order valence-electron chi connectivity index (χ3n) is 5.14. The number of aromatic nitrogens is 3. The summed E-state index contributed by atoms with van der Waals surface area (Å²) in [6, 6.07) is 13.1. The van der Waals surface area contributed by atoms with Crippen molar-refractivity contribution in [2.24, 2.45) is 0 Å². The second-order valence-corrected chi connectivity index (χ2v) is 7.24. The van der Waals surface area contributed by atoms with Crippen molar-refractivity contribution in [2.45, 2.75) is 26.8 Å². The van der Waals surface area contributed by atoms with Crippen molar-refractivity contribution in [3.8, 4) is 0 Å². The molecule has 0 saturated heterocycles. The van der Waals surface area contributed by atoms with Gasteiger partial charge < -0.3 is 17.7 Å². The number of benzene rings is 1. The number of hydrogen-bond acceptors (Lipinski definition) is 3. The highest BCUT2D eigenvalue weighted by Gasteiger charge is 2.11. The summed E-state index contributed by atoms with van der Waals surface area (Å²) < 4.78 is 3.52. The van der Waals surface area contributed by atoms with Gasteiger partial charge in [-0.2, -0.15) is 0 Å². The maximum Gasteiger partial charge on any atom is 0.265 e. The molecule has 4 rings (SSSR count). The first-order chi connectivity index (χ1) is 14.0. The van der Waals surface area contributed by atoms with Crippen molar-refractivity contribution in [2.75, 3.05) is 6.54 Å². The Bertz CT molecular complexity index is 1270. The van der Waals surface area contributed by atoms with Gasteiger partial charge in [0.25, 0.3) is 11.5 Å². The maximum absolute atomic E-state index is 12.9. The predicted octanol–water partition coefficient (Wildman–Crippen LogP) is -0.424. The Kier molecular flexibility index (Phi) is 6.47. The number of pyridine rings is 2. The number of carbonyl (C=O) groups is 1. The quantitative estimate of drug-likeness (QED) is 0.270. The van der Waals surface area contributed by atoms with Crippen LogP contribution in [0.2, 0.25) is 0 Å². The van der Waals surface area contributed by atoms with Crippen LogP contribution in [0, 0.1) is 13.8 Å². The van der Waals surface area contributed by atoms with Gasteiger partial charge in [-0.25, -0.2) is 9.55 Å². The van der Waals surface area contributed by atoms with Crippen molar-refractivity contribution in [1.82, 2.24) is 14.7 Å². The van der Waals surface area contributed by atoms with Gasteiger partial charge in [-0.15, -0.1) is 0 Å². The van der Waals surface area contributed by atoms with Gasteiger partial charge in [-0.05, 0) is 49.2 Å². The number of nitrogens with one attached hydrogen (secondary N) is 1. The third-order valence-corrected chi connectivity index (χ3v) is 5.14. The molecule has 6 nitrogen and oxygen atoms in total. The summed E-state index contributed by atoms with van der Waals surface area (Å²) >= 11 is 0. The van der Waals surface area contributed by atoms with E-state index in [1.807, 2.05) is 56.6 Å². The number of fused-ring (bicyclic) bond motifs is 2.